The van der Waals surface area contributed by atoms with E-state index in [1.807, 2.05) is 0 Å². The molecule has 0 saturated carbocycles. The molecule has 3 rings (SSSR count). The van der Waals surface area contributed by atoms with Crippen LogP contribution in [0.2, 0.25) is 0 Å². The van der Waals surface area contributed by atoms with Gasteiger partial charge in [0, 0.05) is 19.0 Å². The summed E-state index contributed by atoms with van der Waals surface area (Å²) in [4.78, 5) is 26.0. The summed E-state index contributed by atoms with van der Waals surface area (Å²) >= 11 is 0. The highest BCUT2D eigenvalue weighted by molar-refractivity contribution is 7.92. The van der Waals surface area contributed by atoms with Gasteiger partial charge >= 0.3 is 5.63 Å². The zero-order valence-electron chi connectivity index (χ0n) is 16.8. The molecular weight excluding hydrogens is 394 g/mol. The summed E-state index contributed by atoms with van der Waals surface area (Å²) in [6, 6.07) is 9.42. The number of hydrogen-bond acceptors (Lipinski definition) is 6. The molecule has 0 aliphatic carbocycles. The zero-order chi connectivity index (χ0) is 21.2. The van der Waals surface area contributed by atoms with Gasteiger partial charge in [-0.05, 0) is 38.5 Å². The summed E-state index contributed by atoms with van der Waals surface area (Å²) in [5, 5.41) is -0.490. The van der Waals surface area contributed by atoms with Crippen molar-refractivity contribution in [3.8, 4) is 5.75 Å². The maximum Gasteiger partial charge on any atom is 0.339 e. The molecule has 2 aromatic rings. The molecular formula is C21H25NO6S. The van der Waals surface area contributed by atoms with Crippen LogP contribution in [-0.2, 0) is 21.1 Å². The summed E-state index contributed by atoms with van der Waals surface area (Å²) in [5.74, 6) is 0.876. The highest BCUT2D eigenvalue weighted by Gasteiger charge is 2.28. The van der Waals surface area contributed by atoms with Crippen molar-refractivity contribution in [2.75, 3.05) is 13.1 Å². The number of aryl methyl sites for hydroxylation is 1. The van der Waals surface area contributed by atoms with Crippen LogP contribution >= 0.6 is 0 Å². The minimum Gasteiger partial charge on any atom is -0.488 e. The molecule has 0 bridgehead atoms. The molecule has 1 fully saturated rings. The fraction of sp³-hybridized carbons (Fsp3) is 0.429. The van der Waals surface area contributed by atoms with Crippen molar-refractivity contribution in [1.82, 2.24) is 4.90 Å². The first kappa shape index (κ1) is 21.1. The Morgan fingerprint density at radius 1 is 1.24 bits per heavy atom. The molecule has 156 valence electrons. The minimum atomic E-state index is -3.32. The fourth-order valence-corrected chi connectivity index (χ4v) is 4.30. The minimum absolute atomic E-state index is 0.0423. The van der Waals surface area contributed by atoms with E-state index in [4.69, 9.17) is 9.15 Å². The molecule has 0 N–H and O–H groups in total. The van der Waals surface area contributed by atoms with E-state index < -0.39 is 20.7 Å². The van der Waals surface area contributed by atoms with Crippen LogP contribution in [0.4, 0.5) is 0 Å². The van der Waals surface area contributed by atoms with Crippen LogP contribution in [0.15, 0.2) is 50.5 Å². The van der Waals surface area contributed by atoms with Crippen LogP contribution in [0, 0.1) is 6.92 Å². The summed E-state index contributed by atoms with van der Waals surface area (Å²) in [7, 11) is -3.32. The topological polar surface area (TPSA) is 93.9 Å². The first-order valence-corrected chi connectivity index (χ1v) is 11.1. The lowest BCUT2D eigenvalue weighted by Crippen LogP contribution is -2.32. The third kappa shape index (κ3) is 5.06. The van der Waals surface area contributed by atoms with Crippen molar-refractivity contribution in [2.45, 2.75) is 49.9 Å². The Kier molecular flexibility index (Phi) is 6.12. The molecule has 1 amide bonds. The Balaban J connectivity index is 1.58. The van der Waals surface area contributed by atoms with Gasteiger partial charge in [0.05, 0.1) is 29.2 Å². The van der Waals surface area contributed by atoms with Crippen molar-refractivity contribution in [3.05, 3.63) is 58.1 Å². The van der Waals surface area contributed by atoms with Gasteiger partial charge in [-0.1, -0.05) is 12.1 Å². The van der Waals surface area contributed by atoms with Crippen LogP contribution in [0.3, 0.4) is 0 Å². The molecule has 1 aromatic heterocycles. The second kappa shape index (κ2) is 8.41. The smallest absolute Gasteiger partial charge is 0.339 e. The molecule has 0 radical (unpaired) electrons. The van der Waals surface area contributed by atoms with Gasteiger partial charge < -0.3 is 14.1 Å². The van der Waals surface area contributed by atoms with E-state index in [-0.39, 0.29) is 23.3 Å². The van der Waals surface area contributed by atoms with Crippen LogP contribution in [0.1, 0.15) is 31.6 Å². The second-order valence-electron chi connectivity index (χ2n) is 7.51. The van der Waals surface area contributed by atoms with Gasteiger partial charge in [-0.2, -0.15) is 0 Å². The van der Waals surface area contributed by atoms with Gasteiger partial charge in [0.15, 0.2) is 9.84 Å². The summed E-state index contributed by atoms with van der Waals surface area (Å²) in [6.45, 7) is 5.97. The van der Waals surface area contributed by atoms with Gasteiger partial charge in [0.25, 0.3) is 0 Å². The van der Waals surface area contributed by atoms with Gasteiger partial charge in [-0.25, -0.2) is 13.2 Å². The molecule has 1 atom stereocenters. The first-order valence-electron chi connectivity index (χ1n) is 9.54. The van der Waals surface area contributed by atoms with Crippen molar-refractivity contribution >= 4 is 15.7 Å². The summed E-state index contributed by atoms with van der Waals surface area (Å²) in [5.41, 5.74) is 0.298. The fourth-order valence-electron chi connectivity index (χ4n) is 3.24. The number of ether oxygens (including phenoxy) is 1. The van der Waals surface area contributed by atoms with Gasteiger partial charge in [0.2, 0.25) is 5.91 Å². The molecule has 1 aliphatic rings. The van der Waals surface area contributed by atoms with Crippen LogP contribution < -0.4 is 10.4 Å². The van der Waals surface area contributed by atoms with E-state index in [2.05, 4.69) is 0 Å². The molecule has 2 heterocycles. The first-order chi connectivity index (χ1) is 13.6. The lowest BCUT2D eigenvalue weighted by Gasteiger charge is -2.17. The largest absolute Gasteiger partial charge is 0.488 e. The van der Waals surface area contributed by atoms with Crippen LogP contribution in [0.5, 0.6) is 5.75 Å². The number of carbonyl (C=O) groups is 1. The van der Waals surface area contributed by atoms with E-state index in [9.17, 15) is 18.0 Å². The highest BCUT2D eigenvalue weighted by atomic mass is 32.2. The average molecular weight is 419 g/mol. The Morgan fingerprint density at radius 3 is 2.55 bits per heavy atom. The summed E-state index contributed by atoms with van der Waals surface area (Å²) < 4.78 is 35.1. The molecule has 1 saturated heterocycles. The van der Waals surface area contributed by atoms with E-state index in [1.165, 1.54) is 6.07 Å². The van der Waals surface area contributed by atoms with Gasteiger partial charge in [-0.15, -0.1) is 0 Å². The van der Waals surface area contributed by atoms with E-state index in [0.29, 0.717) is 31.0 Å². The number of benzene rings is 1. The third-order valence-corrected chi connectivity index (χ3v) is 7.07. The number of nitrogens with zero attached hydrogens (tertiary/aromatic N) is 1. The molecule has 0 spiro atoms. The van der Waals surface area contributed by atoms with Crippen LogP contribution in [0.25, 0.3) is 0 Å². The zero-order valence-corrected chi connectivity index (χ0v) is 17.6. The SMILES string of the molecule is Cc1cc(OC2CCN(C(=O)Cc3ccc(S(=O)(=O)C(C)C)cc3)C2)cc(=O)o1. The molecule has 1 aliphatic heterocycles. The Labute approximate surface area is 170 Å². The highest BCUT2D eigenvalue weighted by Crippen LogP contribution is 2.20. The van der Waals surface area contributed by atoms with E-state index in [1.54, 1.807) is 56.0 Å². The van der Waals surface area contributed by atoms with Crippen molar-refractivity contribution < 1.29 is 22.4 Å². The molecule has 7 nitrogen and oxygen atoms in total. The lowest BCUT2D eigenvalue weighted by molar-refractivity contribution is -0.129. The summed E-state index contributed by atoms with van der Waals surface area (Å²) in [6.07, 6.45) is 0.693. The number of likely N-dealkylation sites (tertiary alicyclic amines) is 1. The second-order valence-corrected chi connectivity index (χ2v) is 10.0. The van der Waals surface area contributed by atoms with Crippen molar-refractivity contribution in [1.29, 1.82) is 0 Å². The maximum absolute atomic E-state index is 12.6. The monoisotopic (exact) mass is 419 g/mol. The predicted octanol–water partition coefficient (Wildman–Crippen LogP) is 2.35. The number of sulfone groups is 1. The number of carbonyl (C=O) groups excluding carboxylic acids is 1. The lowest BCUT2D eigenvalue weighted by atomic mass is 10.1. The van der Waals surface area contributed by atoms with E-state index >= 15 is 0 Å². The van der Waals surface area contributed by atoms with E-state index in [0.717, 1.165) is 5.56 Å². The Bertz CT molecular complexity index is 1040. The van der Waals surface area contributed by atoms with Gasteiger partial charge in [-0.3, -0.25) is 4.79 Å². The van der Waals surface area contributed by atoms with Crippen LogP contribution in [-0.4, -0.2) is 43.7 Å². The number of rotatable bonds is 6. The van der Waals surface area contributed by atoms with Gasteiger partial charge in [0.1, 0.15) is 17.6 Å². The quantitative estimate of drug-likeness (QED) is 0.713. The molecule has 8 heteroatoms. The predicted molar refractivity (Wildman–Crippen MR) is 108 cm³/mol. The normalized spacial score (nSPS) is 17.0. The Morgan fingerprint density at radius 2 is 1.93 bits per heavy atom. The Hall–Kier alpha value is -2.61. The molecule has 1 unspecified atom stereocenters. The average Bonchev–Trinajstić information content (AvgIpc) is 3.09. The third-order valence-electron chi connectivity index (χ3n) is 4.90. The number of hydrogen-bond donors (Lipinski definition) is 0. The molecule has 1 aromatic carbocycles. The maximum atomic E-state index is 12.6. The number of amides is 1. The molecule has 29 heavy (non-hydrogen) atoms. The standard InChI is InChI=1S/C21H25NO6S/c1-14(2)29(25,26)19-6-4-16(5-7-19)11-20(23)22-9-8-17(13-22)28-18-10-15(3)27-21(24)12-18/h4-7,10,12,14,17H,8-9,11,13H2,1-3H3. The van der Waals surface area contributed by atoms with Crippen molar-refractivity contribution in [3.63, 3.8) is 0 Å². The van der Waals surface area contributed by atoms with Crippen molar-refractivity contribution in [2.24, 2.45) is 0 Å².